The number of amides is 2. The Hall–Kier alpha value is -4.12. The average molecular weight is 409 g/mol. The number of nitrogens with zero attached hydrogens (tertiary/aromatic N) is 1. The van der Waals surface area contributed by atoms with Gasteiger partial charge >= 0.3 is 6.18 Å². The summed E-state index contributed by atoms with van der Waals surface area (Å²) in [5.41, 5.74) is -0.688. The van der Waals surface area contributed by atoms with Gasteiger partial charge in [0.25, 0.3) is 11.8 Å². The molecule has 3 aromatic rings. The molecule has 5 nitrogen and oxygen atoms in total. The van der Waals surface area contributed by atoms with Crippen molar-refractivity contribution in [1.82, 2.24) is 0 Å². The molecule has 0 atom stereocenters. The molecule has 0 saturated heterocycles. The van der Waals surface area contributed by atoms with Gasteiger partial charge in [-0.15, -0.1) is 0 Å². The van der Waals surface area contributed by atoms with E-state index in [0.717, 1.165) is 12.1 Å². The van der Waals surface area contributed by atoms with Crippen molar-refractivity contribution in [2.45, 2.75) is 6.18 Å². The number of nitrogens with one attached hydrogen (secondary N) is 2. The standard InChI is InChI=1S/C22H14F3N3O2/c23-22(24,25)17-10-18(27-20(29)15-6-2-1-3-7-15)12-19(11-17)28-21(30)16-8-4-5-14(9-16)13-26/h1-12H,(H,27,29)(H,28,30). The minimum atomic E-state index is -4.69. The quantitative estimate of drug-likeness (QED) is 0.630. The summed E-state index contributed by atoms with van der Waals surface area (Å²) in [5.74, 6) is -1.28. The van der Waals surface area contributed by atoms with E-state index in [4.69, 9.17) is 5.26 Å². The maximum absolute atomic E-state index is 13.3. The second kappa shape index (κ2) is 8.49. The molecule has 150 valence electrons. The summed E-state index contributed by atoms with van der Waals surface area (Å²) in [5, 5.41) is 13.7. The lowest BCUT2D eigenvalue weighted by Gasteiger charge is -2.14. The van der Waals surface area contributed by atoms with Crippen molar-refractivity contribution in [1.29, 1.82) is 5.26 Å². The number of rotatable bonds is 4. The highest BCUT2D eigenvalue weighted by Crippen LogP contribution is 2.33. The highest BCUT2D eigenvalue weighted by atomic mass is 19.4. The first kappa shape index (κ1) is 20.6. The number of nitriles is 1. The smallest absolute Gasteiger partial charge is 0.322 e. The van der Waals surface area contributed by atoms with E-state index in [1.54, 1.807) is 18.2 Å². The van der Waals surface area contributed by atoms with Crippen LogP contribution in [0.1, 0.15) is 31.8 Å². The highest BCUT2D eigenvalue weighted by molar-refractivity contribution is 6.06. The SMILES string of the molecule is N#Cc1cccc(C(=O)Nc2cc(NC(=O)c3ccccc3)cc(C(F)(F)F)c2)c1. The number of hydrogen-bond donors (Lipinski definition) is 2. The number of carbonyl (C=O) groups is 2. The summed E-state index contributed by atoms with van der Waals surface area (Å²) in [7, 11) is 0. The van der Waals surface area contributed by atoms with Gasteiger partial charge in [0.05, 0.1) is 17.2 Å². The van der Waals surface area contributed by atoms with Crippen LogP contribution in [0.15, 0.2) is 72.8 Å². The molecule has 0 fully saturated rings. The molecule has 0 unspecified atom stereocenters. The highest BCUT2D eigenvalue weighted by Gasteiger charge is 2.31. The van der Waals surface area contributed by atoms with Crippen LogP contribution in [0.4, 0.5) is 24.5 Å². The first-order chi connectivity index (χ1) is 14.3. The Labute approximate surface area is 169 Å². The molecular formula is C22H14F3N3O2. The van der Waals surface area contributed by atoms with Crippen molar-refractivity contribution in [3.05, 3.63) is 95.1 Å². The van der Waals surface area contributed by atoms with Crippen molar-refractivity contribution < 1.29 is 22.8 Å². The summed E-state index contributed by atoms with van der Waals surface area (Å²) >= 11 is 0. The monoisotopic (exact) mass is 409 g/mol. The molecule has 2 amide bonds. The van der Waals surface area contributed by atoms with Gasteiger partial charge in [-0.1, -0.05) is 24.3 Å². The molecule has 0 aromatic heterocycles. The molecule has 0 aliphatic heterocycles. The average Bonchev–Trinajstić information content (AvgIpc) is 2.73. The van der Waals surface area contributed by atoms with E-state index in [2.05, 4.69) is 10.6 Å². The van der Waals surface area contributed by atoms with Crippen molar-refractivity contribution in [2.24, 2.45) is 0 Å². The number of hydrogen-bond acceptors (Lipinski definition) is 3. The maximum atomic E-state index is 13.3. The van der Waals surface area contributed by atoms with Crippen LogP contribution in [0, 0.1) is 11.3 Å². The van der Waals surface area contributed by atoms with Gasteiger partial charge in [0.2, 0.25) is 0 Å². The van der Waals surface area contributed by atoms with E-state index in [1.807, 2.05) is 6.07 Å². The molecule has 2 N–H and O–H groups in total. The summed E-state index contributed by atoms with van der Waals surface area (Å²) < 4.78 is 39.9. The second-order valence-electron chi connectivity index (χ2n) is 6.26. The van der Waals surface area contributed by atoms with Crippen LogP contribution in [0.3, 0.4) is 0 Å². The van der Waals surface area contributed by atoms with Gasteiger partial charge in [-0.05, 0) is 48.5 Å². The zero-order chi connectivity index (χ0) is 21.7. The van der Waals surface area contributed by atoms with Gasteiger partial charge in [0, 0.05) is 22.5 Å². The van der Waals surface area contributed by atoms with Crippen LogP contribution in [-0.4, -0.2) is 11.8 Å². The lowest BCUT2D eigenvalue weighted by Crippen LogP contribution is -2.16. The molecule has 0 aliphatic rings. The van der Waals surface area contributed by atoms with Crippen molar-refractivity contribution in [3.63, 3.8) is 0 Å². The van der Waals surface area contributed by atoms with Gasteiger partial charge in [-0.3, -0.25) is 9.59 Å². The first-order valence-corrected chi connectivity index (χ1v) is 8.66. The Morgan fingerprint density at radius 3 is 1.90 bits per heavy atom. The molecule has 3 aromatic carbocycles. The van der Waals surface area contributed by atoms with Crippen LogP contribution in [0.2, 0.25) is 0 Å². The van der Waals surface area contributed by atoms with Crippen LogP contribution in [-0.2, 0) is 6.18 Å². The predicted molar refractivity (Wildman–Crippen MR) is 105 cm³/mol. The molecule has 0 heterocycles. The Balaban J connectivity index is 1.90. The molecule has 0 saturated carbocycles. The molecule has 8 heteroatoms. The van der Waals surface area contributed by atoms with Crippen molar-refractivity contribution in [3.8, 4) is 6.07 Å². The fourth-order valence-corrected chi connectivity index (χ4v) is 2.66. The molecule has 30 heavy (non-hydrogen) atoms. The maximum Gasteiger partial charge on any atom is 0.416 e. The largest absolute Gasteiger partial charge is 0.416 e. The van der Waals surface area contributed by atoms with E-state index in [0.29, 0.717) is 0 Å². The van der Waals surface area contributed by atoms with Gasteiger partial charge in [-0.2, -0.15) is 18.4 Å². The summed E-state index contributed by atoms with van der Waals surface area (Å²) in [4.78, 5) is 24.7. The number of benzene rings is 3. The summed E-state index contributed by atoms with van der Waals surface area (Å²) in [6.07, 6.45) is -4.69. The normalized spacial score (nSPS) is 10.7. The summed E-state index contributed by atoms with van der Waals surface area (Å²) in [6, 6.07) is 18.4. The third kappa shape index (κ3) is 5.02. The first-order valence-electron chi connectivity index (χ1n) is 8.66. The van der Waals surface area contributed by atoms with E-state index in [1.165, 1.54) is 42.5 Å². The molecular weight excluding hydrogens is 395 g/mol. The Kier molecular flexibility index (Phi) is 5.83. The predicted octanol–water partition coefficient (Wildman–Crippen LogP) is 5.08. The number of halogens is 3. The zero-order valence-corrected chi connectivity index (χ0v) is 15.3. The van der Waals surface area contributed by atoms with E-state index >= 15 is 0 Å². The van der Waals surface area contributed by atoms with Gasteiger partial charge < -0.3 is 10.6 Å². The number of alkyl halides is 3. The van der Waals surface area contributed by atoms with Gasteiger partial charge in [0.15, 0.2) is 0 Å². The molecule has 0 spiro atoms. The minimum absolute atomic E-state index is 0.112. The summed E-state index contributed by atoms with van der Waals surface area (Å²) in [6.45, 7) is 0. The van der Waals surface area contributed by atoms with E-state index in [-0.39, 0.29) is 28.1 Å². The van der Waals surface area contributed by atoms with Crippen LogP contribution in [0.25, 0.3) is 0 Å². The molecule has 3 rings (SSSR count). The van der Waals surface area contributed by atoms with Gasteiger partial charge in [0.1, 0.15) is 0 Å². The van der Waals surface area contributed by atoms with Crippen LogP contribution < -0.4 is 10.6 Å². The topological polar surface area (TPSA) is 82.0 Å². The molecule has 0 bridgehead atoms. The van der Waals surface area contributed by atoms with E-state index in [9.17, 15) is 22.8 Å². The second-order valence-corrected chi connectivity index (χ2v) is 6.26. The fourth-order valence-electron chi connectivity index (χ4n) is 2.66. The fraction of sp³-hybridized carbons (Fsp3) is 0.0455. The molecule has 0 radical (unpaired) electrons. The van der Waals surface area contributed by atoms with Gasteiger partial charge in [-0.25, -0.2) is 0 Å². The van der Waals surface area contributed by atoms with Crippen LogP contribution >= 0.6 is 0 Å². The third-order valence-corrected chi connectivity index (χ3v) is 4.07. The number of carbonyl (C=O) groups excluding carboxylic acids is 2. The zero-order valence-electron chi connectivity index (χ0n) is 15.3. The lowest BCUT2D eigenvalue weighted by molar-refractivity contribution is -0.137. The third-order valence-electron chi connectivity index (χ3n) is 4.07. The van der Waals surface area contributed by atoms with Crippen LogP contribution in [0.5, 0.6) is 0 Å². The Morgan fingerprint density at radius 2 is 1.33 bits per heavy atom. The van der Waals surface area contributed by atoms with Crippen molar-refractivity contribution in [2.75, 3.05) is 10.6 Å². The lowest BCUT2D eigenvalue weighted by atomic mass is 10.1. The minimum Gasteiger partial charge on any atom is -0.322 e. The number of anilines is 2. The molecule has 0 aliphatic carbocycles. The van der Waals surface area contributed by atoms with Crippen molar-refractivity contribution >= 4 is 23.2 Å². The van der Waals surface area contributed by atoms with E-state index < -0.39 is 23.6 Å². The Morgan fingerprint density at radius 1 is 0.767 bits per heavy atom. The Bertz CT molecular complexity index is 1140.